The number of carbonyl (C=O) groups excluding carboxylic acids is 1. The molecule has 106 valence electrons. The predicted octanol–water partition coefficient (Wildman–Crippen LogP) is 3.54. The van der Waals surface area contributed by atoms with E-state index in [1.165, 1.54) is 18.5 Å². The van der Waals surface area contributed by atoms with E-state index in [0.29, 0.717) is 24.1 Å². The summed E-state index contributed by atoms with van der Waals surface area (Å²) in [5.41, 5.74) is 2.98. The minimum Gasteiger partial charge on any atom is -0.443 e. The van der Waals surface area contributed by atoms with Crippen molar-refractivity contribution in [2.75, 3.05) is 5.32 Å². The molecule has 0 bridgehead atoms. The topological polar surface area (TPSA) is 55.1 Å². The lowest BCUT2D eigenvalue weighted by atomic mass is 10.1. The molecule has 2 aromatic carbocycles. The number of halogens is 1. The highest BCUT2D eigenvalue weighted by atomic mass is 19.1. The normalized spacial score (nSPS) is 10.7. The maximum absolute atomic E-state index is 12.8. The Kier molecular flexibility index (Phi) is 3.64. The van der Waals surface area contributed by atoms with Gasteiger partial charge in [-0.3, -0.25) is 4.79 Å². The maximum Gasteiger partial charge on any atom is 0.224 e. The van der Waals surface area contributed by atoms with Crippen LogP contribution in [0.3, 0.4) is 0 Å². The number of hydrogen-bond acceptors (Lipinski definition) is 3. The van der Waals surface area contributed by atoms with Crippen LogP contribution < -0.4 is 5.32 Å². The van der Waals surface area contributed by atoms with Gasteiger partial charge in [-0.15, -0.1) is 0 Å². The van der Waals surface area contributed by atoms with Crippen LogP contribution in [-0.2, 0) is 11.2 Å². The van der Waals surface area contributed by atoms with Crippen LogP contribution in [0.25, 0.3) is 11.1 Å². The number of rotatable bonds is 4. The van der Waals surface area contributed by atoms with Gasteiger partial charge in [-0.2, -0.15) is 0 Å². The molecule has 5 heteroatoms. The standard InChI is InChI=1S/C16H13FN2O2/c17-12-4-1-11(2-5-12)3-8-16(20)19-13-6-7-14-15(9-13)21-10-18-14/h1-2,4-7,9-10H,3,8H2,(H,19,20). The molecule has 0 radical (unpaired) electrons. The molecular formula is C16H13FN2O2. The van der Waals surface area contributed by atoms with Gasteiger partial charge in [0, 0.05) is 18.2 Å². The fourth-order valence-corrected chi connectivity index (χ4v) is 2.07. The van der Waals surface area contributed by atoms with Gasteiger partial charge in [0.1, 0.15) is 11.3 Å². The molecule has 1 heterocycles. The Hall–Kier alpha value is -2.69. The van der Waals surface area contributed by atoms with E-state index in [1.54, 1.807) is 30.3 Å². The fourth-order valence-electron chi connectivity index (χ4n) is 2.07. The van der Waals surface area contributed by atoms with Crippen LogP contribution in [0.1, 0.15) is 12.0 Å². The summed E-state index contributed by atoms with van der Waals surface area (Å²) < 4.78 is 18.0. The maximum atomic E-state index is 12.8. The van der Waals surface area contributed by atoms with E-state index in [1.807, 2.05) is 0 Å². The molecule has 1 amide bonds. The van der Waals surface area contributed by atoms with Crippen molar-refractivity contribution in [3.05, 3.63) is 60.2 Å². The third kappa shape index (κ3) is 3.25. The minimum absolute atomic E-state index is 0.0989. The highest BCUT2D eigenvalue weighted by molar-refractivity contribution is 5.92. The first-order chi connectivity index (χ1) is 10.2. The number of aromatic nitrogens is 1. The largest absolute Gasteiger partial charge is 0.443 e. The molecule has 0 aliphatic carbocycles. The van der Waals surface area contributed by atoms with Gasteiger partial charge in [-0.25, -0.2) is 9.37 Å². The van der Waals surface area contributed by atoms with Crippen LogP contribution >= 0.6 is 0 Å². The number of amides is 1. The summed E-state index contributed by atoms with van der Waals surface area (Å²) in [6, 6.07) is 11.5. The van der Waals surface area contributed by atoms with Gasteiger partial charge in [0.2, 0.25) is 5.91 Å². The molecule has 0 aliphatic heterocycles. The first kappa shape index (κ1) is 13.3. The number of aryl methyl sites for hydroxylation is 1. The molecule has 0 unspecified atom stereocenters. The van der Waals surface area contributed by atoms with E-state index in [9.17, 15) is 9.18 Å². The Labute approximate surface area is 120 Å². The van der Waals surface area contributed by atoms with E-state index in [0.717, 1.165) is 11.1 Å². The average Bonchev–Trinajstić information content (AvgIpc) is 2.94. The molecule has 1 N–H and O–H groups in total. The van der Waals surface area contributed by atoms with Gasteiger partial charge < -0.3 is 9.73 Å². The lowest BCUT2D eigenvalue weighted by Gasteiger charge is -2.05. The smallest absolute Gasteiger partial charge is 0.224 e. The van der Waals surface area contributed by atoms with Gasteiger partial charge >= 0.3 is 0 Å². The zero-order valence-corrected chi connectivity index (χ0v) is 11.2. The fraction of sp³-hybridized carbons (Fsp3) is 0.125. The van der Waals surface area contributed by atoms with Crippen LogP contribution in [-0.4, -0.2) is 10.9 Å². The van der Waals surface area contributed by atoms with Gasteiger partial charge in [-0.1, -0.05) is 12.1 Å². The molecule has 1 aromatic heterocycles. The molecule has 3 rings (SSSR count). The third-order valence-electron chi connectivity index (χ3n) is 3.17. The SMILES string of the molecule is O=C(CCc1ccc(F)cc1)Nc1ccc2ncoc2c1. The Balaban J connectivity index is 1.59. The Morgan fingerprint density at radius 1 is 1.19 bits per heavy atom. The second kappa shape index (κ2) is 5.75. The number of hydrogen-bond donors (Lipinski definition) is 1. The molecule has 0 saturated carbocycles. The van der Waals surface area contributed by atoms with Crippen LogP contribution in [0, 0.1) is 5.82 Å². The number of nitrogens with zero attached hydrogens (tertiary/aromatic N) is 1. The van der Waals surface area contributed by atoms with Crippen molar-refractivity contribution < 1.29 is 13.6 Å². The van der Waals surface area contributed by atoms with E-state index in [-0.39, 0.29) is 11.7 Å². The van der Waals surface area contributed by atoms with Crippen molar-refractivity contribution in [1.82, 2.24) is 4.98 Å². The van der Waals surface area contributed by atoms with Crippen LogP contribution in [0.15, 0.2) is 53.3 Å². The van der Waals surface area contributed by atoms with Crippen molar-refractivity contribution in [3.63, 3.8) is 0 Å². The first-order valence-electron chi connectivity index (χ1n) is 6.58. The molecule has 4 nitrogen and oxygen atoms in total. The summed E-state index contributed by atoms with van der Waals surface area (Å²) >= 11 is 0. The van der Waals surface area contributed by atoms with Crippen molar-refractivity contribution in [3.8, 4) is 0 Å². The number of fused-ring (bicyclic) bond motifs is 1. The van der Waals surface area contributed by atoms with Gasteiger partial charge in [0.25, 0.3) is 0 Å². The quantitative estimate of drug-likeness (QED) is 0.797. The van der Waals surface area contributed by atoms with Crippen molar-refractivity contribution in [2.24, 2.45) is 0 Å². The summed E-state index contributed by atoms with van der Waals surface area (Å²) in [5.74, 6) is -0.373. The number of benzene rings is 2. The van der Waals surface area contributed by atoms with E-state index >= 15 is 0 Å². The molecule has 0 aliphatic rings. The highest BCUT2D eigenvalue weighted by Crippen LogP contribution is 2.18. The third-order valence-corrected chi connectivity index (χ3v) is 3.17. The molecule has 0 saturated heterocycles. The lowest BCUT2D eigenvalue weighted by Crippen LogP contribution is -2.12. The molecular weight excluding hydrogens is 271 g/mol. The molecule has 0 atom stereocenters. The number of oxazole rings is 1. The van der Waals surface area contributed by atoms with Crippen molar-refractivity contribution in [2.45, 2.75) is 12.8 Å². The Morgan fingerprint density at radius 3 is 2.81 bits per heavy atom. The zero-order chi connectivity index (χ0) is 14.7. The summed E-state index contributed by atoms with van der Waals surface area (Å²) in [4.78, 5) is 15.9. The van der Waals surface area contributed by atoms with Gasteiger partial charge in [0.05, 0.1) is 0 Å². The summed E-state index contributed by atoms with van der Waals surface area (Å²) in [5, 5.41) is 2.80. The first-order valence-corrected chi connectivity index (χ1v) is 6.58. The molecule has 3 aromatic rings. The van der Waals surface area contributed by atoms with Crippen molar-refractivity contribution in [1.29, 1.82) is 0 Å². The Bertz CT molecular complexity index is 765. The second-order valence-corrected chi connectivity index (χ2v) is 4.71. The summed E-state index contributed by atoms with van der Waals surface area (Å²) in [6.45, 7) is 0. The lowest BCUT2D eigenvalue weighted by molar-refractivity contribution is -0.116. The van der Waals surface area contributed by atoms with Crippen LogP contribution in [0.2, 0.25) is 0 Å². The van der Waals surface area contributed by atoms with Crippen molar-refractivity contribution >= 4 is 22.7 Å². The number of nitrogens with one attached hydrogen (secondary N) is 1. The highest BCUT2D eigenvalue weighted by Gasteiger charge is 2.05. The minimum atomic E-state index is -0.274. The van der Waals surface area contributed by atoms with Crippen LogP contribution in [0.4, 0.5) is 10.1 Å². The summed E-state index contributed by atoms with van der Waals surface area (Å²) in [7, 11) is 0. The Morgan fingerprint density at radius 2 is 2.00 bits per heavy atom. The predicted molar refractivity (Wildman–Crippen MR) is 77.4 cm³/mol. The zero-order valence-electron chi connectivity index (χ0n) is 11.2. The number of anilines is 1. The molecule has 0 spiro atoms. The van der Waals surface area contributed by atoms with Crippen LogP contribution in [0.5, 0.6) is 0 Å². The van der Waals surface area contributed by atoms with E-state index in [4.69, 9.17) is 4.42 Å². The molecule has 0 fully saturated rings. The second-order valence-electron chi connectivity index (χ2n) is 4.71. The number of carbonyl (C=O) groups is 1. The van der Waals surface area contributed by atoms with Gasteiger partial charge in [0.15, 0.2) is 12.0 Å². The van der Waals surface area contributed by atoms with Gasteiger partial charge in [-0.05, 0) is 36.2 Å². The summed E-state index contributed by atoms with van der Waals surface area (Å²) in [6.07, 6.45) is 2.27. The molecule has 21 heavy (non-hydrogen) atoms. The monoisotopic (exact) mass is 284 g/mol. The average molecular weight is 284 g/mol. The van der Waals surface area contributed by atoms with E-state index < -0.39 is 0 Å². The van der Waals surface area contributed by atoms with E-state index in [2.05, 4.69) is 10.3 Å².